The Balaban J connectivity index is 1.80. The molecule has 6 heteroatoms. The van der Waals surface area contributed by atoms with Crippen molar-refractivity contribution in [2.45, 2.75) is 30.7 Å². The molecule has 0 heterocycles. The molecule has 1 saturated carbocycles. The van der Waals surface area contributed by atoms with Gasteiger partial charge in [0.2, 0.25) is 10.0 Å². The highest BCUT2D eigenvalue weighted by Crippen LogP contribution is 2.45. The minimum atomic E-state index is -3.72. The summed E-state index contributed by atoms with van der Waals surface area (Å²) in [5, 5.41) is 9.04. The van der Waals surface area contributed by atoms with Crippen LogP contribution in [0.1, 0.15) is 19.8 Å². The van der Waals surface area contributed by atoms with E-state index in [1.54, 1.807) is 6.07 Å². The maximum Gasteiger partial charge on any atom is 0.238 e. The van der Waals surface area contributed by atoms with Gasteiger partial charge < -0.3 is 5.32 Å². The summed E-state index contributed by atoms with van der Waals surface area (Å²) in [5.74, 6) is 1.89. The Morgan fingerprint density at radius 3 is 2.67 bits per heavy atom. The zero-order valence-electron chi connectivity index (χ0n) is 11.8. The minimum Gasteiger partial charge on any atom is -0.381 e. The Hall–Kier alpha value is -1.04. The van der Waals surface area contributed by atoms with Crippen LogP contribution >= 0.6 is 11.6 Å². The Morgan fingerprint density at radius 2 is 2.10 bits per heavy atom. The number of primary sulfonamides is 1. The van der Waals surface area contributed by atoms with Gasteiger partial charge in [0.05, 0.1) is 15.6 Å². The fourth-order valence-corrected chi connectivity index (χ4v) is 4.25. The van der Waals surface area contributed by atoms with E-state index in [-0.39, 0.29) is 10.9 Å². The molecule has 3 N–H and O–H groups in total. The predicted octanol–water partition coefficient (Wildman–Crippen LogP) is 3.00. The number of sulfonamides is 1. The van der Waals surface area contributed by atoms with Crippen LogP contribution in [0.25, 0.3) is 0 Å². The topological polar surface area (TPSA) is 72.2 Å². The lowest BCUT2D eigenvalue weighted by Crippen LogP contribution is -2.29. The summed E-state index contributed by atoms with van der Waals surface area (Å²) in [6, 6.07) is 4.74. The van der Waals surface area contributed by atoms with Crippen LogP contribution in [0.2, 0.25) is 5.02 Å². The van der Waals surface area contributed by atoms with E-state index in [0.29, 0.717) is 28.5 Å². The molecule has 0 aliphatic heterocycles. The fraction of sp³-hybridized carbons (Fsp3) is 0.467. The molecule has 4 nitrogen and oxygen atoms in total. The molecular weight excluding hydrogens is 308 g/mol. The quantitative estimate of drug-likeness (QED) is 0.835. The first-order chi connectivity index (χ1) is 9.84. The van der Waals surface area contributed by atoms with E-state index in [9.17, 15) is 8.42 Å². The summed E-state index contributed by atoms with van der Waals surface area (Å²) in [4.78, 5) is 0.0782. The number of allylic oxidation sites excluding steroid dienone is 2. The fourth-order valence-electron chi connectivity index (χ4n) is 3.54. The largest absolute Gasteiger partial charge is 0.381 e. The highest BCUT2D eigenvalue weighted by molar-refractivity contribution is 7.89. The Labute approximate surface area is 130 Å². The standard InChI is InChI=1S/C15H19ClN2O2S/c1-9(13-7-10-2-3-11(13)6-10)18-15-8-12(21(17,19)20)4-5-14(15)16/h2-5,8-11,13,18H,6-7H2,1H3,(H2,17,19,20). The number of nitrogens with two attached hydrogens (primary N) is 1. The molecule has 2 aliphatic carbocycles. The molecule has 0 radical (unpaired) electrons. The number of nitrogens with one attached hydrogen (secondary N) is 1. The predicted molar refractivity (Wildman–Crippen MR) is 84.8 cm³/mol. The molecule has 1 aromatic rings. The summed E-state index contributed by atoms with van der Waals surface area (Å²) in [5.41, 5.74) is 0.627. The van der Waals surface area contributed by atoms with Gasteiger partial charge in [0, 0.05) is 6.04 Å². The average molecular weight is 327 g/mol. The molecule has 1 aromatic carbocycles. The van der Waals surface area contributed by atoms with E-state index in [2.05, 4.69) is 24.4 Å². The van der Waals surface area contributed by atoms with Crippen LogP contribution in [0.4, 0.5) is 5.69 Å². The smallest absolute Gasteiger partial charge is 0.238 e. The normalized spacial score (nSPS) is 28.8. The molecule has 0 aromatic heterocycles. The zero-order valence-corrected chi connectivity index (χ0v) is 13.4. The van der Waals surface area contributed by atoms with E-state index in [4.69, 9.17) is 16.7 Å². The molecule has 0 amide bonds. The lowest BCUT2D eigenvalue weighted by atomic mass is 9.87. The van der Waals surface area contributed by atoms with Crippen molar-refractivity contribution in [1.82, 2.24) is 0 Å². The minimum absolute atomic E-state index is 0.0782. The average Bonchev–Trinajstić information content (AvgIpc) is 3.02. The van der Waals surface area contributed by atoms with Crippen LogP contribution in [-0.2, 0) is 10.0 Å². The number of hydrogen-bond donors (Lipinski definition) is 2. The number of rotatable bonds is 4. The van der Waals surface area contributed by atoms with Crippen molar-refractivity contribution in [3.63, 3.8) is 0 Å². The van der Waals surface area contributed by atoms with Crippen molar-refractivity contribution in [3.8, 4) is 0 Å². The first-order valence-corrected chi connectivity index (χ1v) is 9.04. The van der Waals surface area contributed by atoms with Gasteiger partial charge in [0.25, 0.3) is 0 Å². The van der Waals surface area contributed by atoms with E-state index in [1.807, 2.05) is 0 Å². The highest BCUT2D eigenvalue weighted by atomic mass is 35.5. The number of halogens is 1. The van der Waals surface area contributed by atoms with E-state index in [0.717, 1.165) is 0 Å². The second-order valence-corrected chi connectivity index (χ2v) is 8.03. The van der Waals surface area contributed by atoms with E-state index in [1.165, 1.54) is 25.0 Å². The SMILES string of the molecule is CC(Nc1cc(S(N)(=O)=O)ccc1Cl)C1CC2C=CC1C2. The third-order valence-electron chi connectivity index (χ3n) is 4.62. The van der Waals surface area contributed by atoms with Crippen molar-refractivity contribution < 1.29 is 8.42 Å². The summed E-state index contributed by atoms with van der Waals surface area (Å²) in [7, 11) is -3.72. The van der Waals surface area contributed by atoms with Gasteiger partial charge in [-0.15, -0.1) is 0 Å². The monoisotopic (exact) mass is 326 g/mol. The zero-order chi connectivity index (χ0) is 15.2. The van der Waals surface area contributed by atoms with Crippen LogP contribution < -0.4 is 10.5 Å². The van der Waals surface area contributed by atoms with Crippen molar-refractivity contribution in [3.05, 3.63) is 35.4 Å². The lowest BCUT2D eigenvalue weighted by Gasteiger charge is -2.27. The van der Waals surface area contributed by atoms with Crippen LogP contribution in [0.3, 0.4) is 0 Å². The molecule has 4 atom stereocenters. The summed E-state index contributed by atoms with van der Waals surface area (Å²) in [6.07, 6.45) is 7.03. The molecule has 1 fully saturated rings. The van der Waals surface area contributed by atoms with Gasteiger partial charge >= 0.3 is 0 Å². The molecule has 2 aliphatic rings. The third-order valence-corrected chi connectivity index (χ3v) is 5.86. The van der Waals surface area contributed by atoms with Gasteiger partial charge in [0.1, 0.15) is 0 Å². The number of hydrogen-bond acceptors (Lipinski definition) is 3. The Bertz CT molecular complexity index is 687. The summed E-state index contributed by atoms with van der Waals surface area (Å²) >= 11 is 6.16. The first-order valence-electron chi connectivity index (χ1n) is 7.12. The summed E-state index contributed by atoms with van der Waals surface area (Å²) in [6.45, 7) is 2.12. The number of anilines is 1. The lowest BCUT2D eigenvalue weighted by molar-refractivity contribution is 0.400. The van der Waals surface area contributed by atoms with Gasteiger partial charge in [0.15, 0.2) is 0 Å². The molecule has 114 valence electrons. The molecule has 4 unspecified atom stereocenters. The van der Waals surface area contributed by atoms with Crippen LogP contribution in [0.15, 0.2) is 35.2 Å². The highest BCUT2D eigenvalue weighted by Gasteiger charge is 2.38. The second-order valence-electron chi connectivity index (χ2n) is 6.06. The summed E-state index contributed by atoms with van der Waals surface area (Å²) < 4.78 is 22.9. The second kappa shape index (κ2) is 5.30. The van der Waals surface area contributed by atoms with Crippen LogP contribution in [0, 0.1) is 17.8 Å². The maximum atomic E-state index is 11.4. The Morgan fingerprint density at radius 1 is 1.33 bits per heavy atom. The van der Waals surface area contributed by atoms with Gasteiger partial charge in [-0.2, -0.15) is 0 Å². The molecular formula is C15H19ClN2O2S. The number of benzene rings is 1. The van der Waals surface area contributed by atoms with Crippen molar-refractivity contribution in [1.29, 1.82) is 0 Å². The molecule has 21 heavy (non-hydrogen) atoms. The van der Waals surface area contributed by atoms with E-state index < -0.39 is 10.0 Å². The van der Waals surface area contributed by atoms with Gasteiger partial charge in [-0.3, -0.25) is 0 Å². The van der Waals surface area contributed by atoms with Crippen molar-refractivity contribution in [2.24, 2.45) is 22.9 Å². The Kier molecular flexibility index (Phi) is 3.76. The molecule has 3 rings (SSSR count). The van der Waals surface area contributed by atoms with Crippen molar-refractivity contribution in [2.75, 3.05) is 5.32 Å². The molecule has 0 spiro atoms. The van der Waals surface area contributed by atoms with Gasteiger partial charge in [-0.25, -0.2) is 13.6 Å². The van der Waals surface area contributed by atoms with Gasteiger partial charge in [-0.1, -0.05) is 23.8 Å². The van der Waals surface area contributed by atoms with Crippen molar-refractivity contribution >= 4 is 27.3 Å². The van der Waals surface area contributed by atoms with Crippen LogP contribution in [0.5, 0.6) is 0 Å². The molecule has 2 bridgehead atoms. The first kappa shape index (κ1) is 14.9. The van der Waals surface area contributed by atoms with Gasteiger partial charge in [-0.05, 0) is 55.7 Å². The van der Waals surface area contributed by atoms with Crippen LogP contribution in [-0.4, -0.2) is 14.5 Å². The number of fused-ring (bicyclic) bond motifs is 2. The van der Waals surface area contributed by atoms with E-state index >= 15 is 0 Å². The third kappa shape index (κ3) is 2.96. The maximum absolute atomic E-state index is 11.4. The molecule has 0 saturated heterocycles.